The number of halogens is 2. The van der Waals surface area contributed by atoms with Gasteiger partial charge in [0.1, 0.15) is 5.75 Å². The zero-order valence-corrected chi connectivity index (χ0v) is 13.9. The average molecular weight is 324 g/mol. The zero-order valence-electron chi connectivity index (χ0n) is 12.4. The second-order valence-corrected chi connectivity index (χ2v) is 5.87. The topological polar surface area (TPSA) is 21.3 Å². The lowest BCUT2D eigenvalue weighted by atomic mass is 10.0. The van der Waals surface area contributed by atoms with E-state index in [1.165, 1.54) is 5.56 Å². The van der Waals surface area contributed by atoms with Crippen LogP contribution in [0.3, 0.4) is 0 Å². The van der Waals surface area contributed by atoms with Gasteiger partial charge in [0.15, 0.2) is 0 Å². The fourth-order valence-corrected chi connectivity index (χ4v) is 2.55. The van der Waals surface area contributed by atoms with Crippen molar-refractivity contribution in [3.8, 4) is 5.75 Å². The van der Waals surface area contributed by atoms with E-state index in [1.807, 2.05) is 30.3 Å². The molecule has 2 rings (SSSR count). The van der Waals surface area contributed by atoms with Crippen LogP contribution in [0.15, 0.2) is 42.5 Å². The van der Waals surface area contributed by atoms with Crippen LogP contribution < -0.4 is 10.1 Å². The van der Waals surface area contributed by atoms with Crippen molar-refractivity contribution in [2.45, 2.75) is 25.9 Å². The van der Waals surface area contributed by atoms with E-state index in [0.29, 0.717) is 10.0 Å². The van der Waals surface area contributed by atoms with Crippen LogP contribution in [0.25, 0.3) is 0 Å². The van der Waals surface area contributed by atoms with Gasteiger partial charge in [-0.15, -0.1) is 0 Å². The standard InChI is InChI=1S/C17H19Cl2NO/c1-11(13-4-7-15(21-3)8-5-13)20-12(2)14-6-9-16(18)17(19)10-14/h4-12,20H,1-3H3. The first-order valence-electron chi connectivity index (χ1n) is 6.86. The summed E-state index contributed by atoms with van der Waals surface area (Å²) in [5.41, 5.74) is 2.33. The third kappa shape index (κ3) is 4.13. The number of hydrogen-bond donors (Lipinski definition) is 1. The Morgan fingerprint density at radius 1 is 0.857 bits per heavy atom. The summed E-state index contributed by atoms with van der Waals surface area (Å²) in [7, 11) is 1.67. The summed E-state index contributed by atoms with van der Waals surface area (Å²) in [4.78, 5) is 0. The smallest absolute Gasteiger partial charge is 0.118 e. The van der Waals surface area contributed by atoms with Gasteiger partial charge < -0.3 is 10.1 Å². The van der Waals surface area contributed by atoms with Crippen LogP contribution in [-0.2, 0) is 0 Å². The minimum absolute atomic E-state index is 0.178. The van der Waals surface area contributed by atoms with Gasteiger partial charge in [-0.05, 0) is 49.2 Å². The van der Waals surface area contributed by atoms with Gasteiger partial charge in [-0.3, -0.25) is 0 Å². The van der Waals surface area contributed by atoms with Crippen LogP contribution >= 0.6 is 23.2 Å². The van der Waals surface area contributed by atoms with E-state index in [0.717, 1.165) is 11.3 Å². The number of hydrogen-bond acceptors (Lipinski definition) is 2. The van der Waals surface area contributed by atoms with Gasteiger partial charge in [0.2, 0.25) is 0 Å². The molecule has 0 aliphatic carbocycles. The number of ether oxygens (including phenoxy) is 1. The summed E-state index contributed by atoms with van der Waals surface area (Å²) in [5, 5.41) is 4.72. The molecule has 21 heavy (non-hydrogen) atoms. The molecule has 2 aromatic carbocycles. The molecule has 0 saturated carbocycles. The Balaban J connectivity index is 2.06. The van der Waals surface area contributed by atoms with Crippen molar-refractivity contribution in [1.82, 2.24) is 5.32 Å². The lowest BCUT2D eigenvalue weighted by molar-refractivity contribution is 0.414. The van der Waals surface area contributed by atoms with Crippen LogP contribution in [-0.4, -0.2) is 7.11 Å². The largest absolute Gasteiger partial charge is 0.497 e. The number of methoxy groups -OCH3 is 1. The maximum absolute atomic E-state index is 6.07. The van der Waals surface area contributed by atoms with Gasteiger partial charge in [-0.25, -0.2) is 0 Å². The van der Waals surface area contributed by atoms with Crippen molar-refractivity contribution in [3.05, 3.63) is 63.6 Å². The Labute approximate surface area is 136 Å². The molecule has 0 aliphatic rings. The fourth-order valence-electron chi connectivity index (χ4n) is 2.24. The maximum atomic E-state index is 6.07. The summed E-state index contributed by atoms with van der Waals surface area (Å²) in [6, 6.07) is 14.2. The van der Waals surface area contributed by atoms with E-state index in [9.17, 15) is 0 Å². The first kappa shape index (κ1) is 16.2. The molecule has 1 N–H and O–H groups in total. The summed E-state index contributed by atoms with van der Waals surface area (Å²) in [6.45, 7) is 4.25. The summed E-state index contributed by atoms with van der Waals surface area (Å²) < 4.78 is 5.18. The molecule has 0 bridgehead atoms. The van der Waals surface area contributed by atoms with Gasteiger partial charge in [0, 0.05) is 12.1 Å². The second-order valence-electron chi connectivity index (χ2n) is 5.06. The summed E-state index contributed by atoms with van der Waals surface area (Å²) in [6.07, 6.45) is 0. The van der Waals surface area contributed by atoms with Crippen LogP contribution in [0.5, 0.6) is 5.75 Å². The van der Waals surface area contributed by atoms with Gasteiger partial charge in [0.25, 0.3) is 0 Å². The molecule has 112 valence electrons. The predicted molar refractivity (Wildman–Crippen MR) is 89.4 cm³/mol. The number of rotatable bonds is 5. The van der Waals surface area contributed by atoms with Crippen molar-refractivity contribution in [1.29, 1.82) is 0 Å². The highest BCUT2D eigenvalue weighted by molar-refractivity contribution is 6.42. The lowest BCUT2D eigenvalue weighted by Gasteiger charge is -2.21. The first-order chi connectivity index (χ1) is 10.0. The van der Waals surface area contributed by atoms with Gasteiger partial charge in [-0.2, -0.15) is 0 Å². The number of benzene rings is 2. The fraction of sp³-hybridized carbons (Fsp3) is 0.294. The highest BCUT2D eigenvalue weighted by Crippen LogP contribution is 2.27. The monoisotopic (exact) mass is 323 g/mol. The van der Waals surface area contributed by atoms with Gasteiger partial charge in [-0.1, -0.05) is 41.4 Å². The molecule has 2 nitrogen and oxygen atoms in total. The van der Waals surface area contributed by atoms with Crippen molar-refractivity contribution in [2.24, 2.45) is 0 Å². The third-order valence-electron chi connectivity index (χ3n) is 3.56. The third-order valence-corrected chi connectivity index (χ3v) is 4.30. The van der Waals surface area contributed by atoms with Crippen LogP contribution in [0.4, 0.5) is 0 Å². The molecular weight excluding hydrogens is 305 g/mol. The molecule has 0 radical (unpaired) electrons. The van der Waals surface area contributed by atoms with E-state index in [4.69, 9.17) is 27.9 Å². The van der Waals surface area contributed by atoms with E-state index < -0.39 is 0 Å². The predicted octanol–water partition coefficient (Wildman–Crippen LogP) is 5.41. The second kappa shape index (κ2) is 7.17. The van der Waals surface area contributed by atoms with Crippen molar-refractivity contribution in [3.63, 3.8) is 0 Å². The maximum Gasteiger partial charge on any atom is 0.118 e. The molecule has 0 spiro atoms. The Morgan fingerprint density at radius 3 is 2.00 bits per heavy atom. The van der Waals surface area contributed by atoms with Crippen molar-refractivity contribution in [2.75, 3.05) is 7.11 Å². The molecule has 0 fully saturated rings. The van der Waals surface area contributed by atoms with Crippen LogP contribution in [0, 0.1) is 0 Å². The molecule has 0 heterocycles. The molecular formula is C17H19Cl2NO. The molecule has 2 unspecified atom stereocenters. The first-order valence-corrected chi connectivity index (χ1v) is 7.62. The molecule has 0 saturated heterocycles. The minimum Gasteiger partial charge on any atom is -0.497 e. The SMILES string of the molecule is COc1ccc(C(C)NC(C)c2ccc(Cl)c(Cl)c2)cc1. The van der Waals surface area contributed by atoms with E-state index in [-0.39, 0.29) is 12.1 Å². The van der Waals surface area contributed by atoms with E-state index in [1.54, 1.807) is 7.11 Å². The van der Waals surface area contributed by atoms with Crippen LogP contribution in [0.2, 0.25) is 10.0 Å². The van der Waals surface area contributed by atoms with E-state index in [2.05, 4.69) is 31.3 Å². The Morgan fingerprint density at radius 2 is 1.43 bits per heavy atom. The molecule has 0 aromatic heterocycles. The van der Waals surface area contributed by atoms with Gasteiger partial charge in [0.05, 0.1) is 17.2 Å². The Kier molecular flexibility index (Phi) is 5.51. The summed E-state index contributed by atoms with van der Waals surface area (Å²) in [5.74, 6) is 0.864. The molecule has 2 atom stereocenters. The molecule has 4 heteroatoms. The lowest BCUT2D eigenvalue weighted by Crippen LogP contribution is -2.22. The Bertz CT molecular complexity index is 598. The zero-order chi connectivity index (χ0) is 15.4. The highest BCUT2D eigenvalue weighted by Gasteiger charge is 2.12. The molecule has 0 amide bonds. The molecule has 2 aromatic rings. The van der Waals surface area contributed by atoms with Crippen molar-refractivity contribution >= 4 is 23.2 Å². The van der Waals surface area contributed by atoms with Crippen molar-refractivity contribution < 1.29 is 4.74 Å². The summed E-state index contributed by atoms with van der Waals surface area (Å²) >= 11 is 12.0. The average Bonchev–Trinajstić information content (AvgIpc) is 2.50. The quantitative estimate of drug-likeness (QED) is 0.793. The normalized spacial score (nSPS) is 13.8. The Hall–Kier alpha value is -1.22. The van der Waals surface area contributed by atoms with Crippen LogP contribution in [0.1, 0.15) is 37.1 Å². The van der Waals surface area contributed by atoms with E-state index >= 15 is 0 Å². The van der Waals surface area contributed by atoms with Gasteiger partial charge >= 0.3 is 0 Å². The minimum atomic E-state index is 0.178. The number of nitrogens with one attached hydrogen (secondary N) is 1. The molecule has 0 aliphatic heterocycles. The highest BCUT2D eigenvalue weighted by atomic mass is 35.5.